The van der Waals surface area contributed by atoms with Crippen molar-refractivity contribution in [3.63, 3.8) is 0 Å². The van der Waals surface area contributed by atoms with Crippen molar-refractivity contribution in [3.8, 4) is 5.75 Å². The first-order valence-electron chi connectivity index (χ1n) is 7.60. The second-order valence-corrected chi connectivity index (χ2v) is 5.36. The van der Waals surface area contributed by atoms with E-state index in [-0.39, 0.29) is 5.78 Å². The van der Waals surface area contributed by atoms with E-state index >= 15 is 0 Å². The van der Waals surface area contributed by atoms with Crippen LogP contribution < -0.4 is 4.74 Å². The second-order valence-electron chi connectivity index (χ2n) is 5.36. The van der Waals surface area contributed by atoms with E-state index in [4.69, 9.17) is 4.74 Å². The molecule has 0 radical (unpaired) electrons. The maximum Gasteiger partial charge on any atom is 0.162 e. The number of unbranched alkanes of at least 4 members (excludes halogenated alkanes) is 5. The van der Waals surface area contributed by atoms with Gasteiger partial charge < -0.3 is 4.74 Å². The van der Waals surface area contributed by atoms with Gasteiger partial charge in [-0.3, -0.25) is 4.79 Å². The molecule has 0 bridgehead atoms. The standard InChI is InChI=1S/C17H24O2/c1-2-3-4-5-6-7-8-16(18)14-9-10-17-15(13-14)11-12-19-17/h9-10,13H,2-8,11-12H2,1H3. The second kappa shape index (κ2) is 7.32. The van der Waals surface area contributed by atoms with Crippen LogP contribution in [0.4, 0.5) is 0 Å². The summed E-state index contributed by atoms with van der Waals surface area (Å²) in [4.78, 5) is 12.1. The Hall–Kier alpha value is -1.31. The zero-order valence-electron chi connectivity index (χ0n) is 11.9. The molecule has 1 aliphatic heterocycles. The Kier molecular flexibility index (Phi) is 5.44. The number of benzene rings is 1. The molecule has 2 rings (SSSR count). The van der Waals surface area contributed by atoms with Crippen LogP contribution in [-0.4, -0.2) is 12.4 Å². The van der Waals surface area contributed by atoms with Gasteiger partial charge in [-0.25, -0.2) is 0 Å². The predicted molar refractivity (Wildman–Crippen MR) is 78.0 cm³/mol. The van der Waals surface area contributed by atoms with Gasteiger partial charge >= 0.3 is 0 Å². The van der Waals surface area contributed by atoms with Gasteiger partial charge in [-0.1, -0.05) is 39.0 Å². The molecule has 0 aliphatic carbocycles. The number of carbonyl (C=O) groups excluding carboxylic acids is 1. The molecule has 1 aliphatic rings. The van der Waals surface area contributed by atoms with Crippen LogP contribution in [0.15, 0.2) is 18.2 Å². The molecule has 1 aromatic rings. The number of fused-ring (bicyclic) bond motifs is 1. The number of hydrogen-bond donors (Lipinski definition) is 0. The van der Waals surface area contributed by atoms with Crippen molar-refractivity contribution < 1.29 is 9.53 Å². The summed E-state index contributed by atoms with van der Waals surface area (Å²) >= 11 is 0. The maximum absolute atomic E-state index is 12.1. The van der Waals surface area contributed by atoms with Crippen molar-refractivity contribution in [1.82, 2.24) is 0 Å². The van der Waals surface area contributed by atoms with Crippen LogP contribution in [0.2, 0.25) is 0 Å². The molecule has 1 heterocycles. The number of ether oxygens (including phenoxy) is 1. The minimum Gasteiger partial charge on any atom is -0.493 e. The summed E-state index contributed by atoms with van der Waals surface area (Å²) in [5.41, 5.74) is 2.05. The molecule has 2 heteroatoms. The summed E-state index contributed by atoms with van der Waals surface area (Å²) in [5.74, 6) is 1.24. The number of carbonyl (C=O) groups is 1. The third-order valence-corrected chi connectivity index (χ3v) is 3.77. The largest absolute Gasteiger partial charge is 0.493 e. The van der Waals surface area contributed by atoms with Gasteiger partial charge in [-0.05, 0) is 30.2 Å². The molecule has 0 amide bonds. The molecule has 19 heavy (non-hydrogen) atoms. The van der Waals surface area contributed by atoms with E-state index in [1.165, 1.54) is 37.7 Å². The van der Waals surface area contributed by atoms with Crippen molar-refractivity contribution in [1.29, 1.82) is 0 Å². The molecule has 104 valence electrons. The Morgan fingerprint density at radius 3 is 2.79 bits per heavy atom. The number of ketones is 1. The fourth-order valence-corrected chi connectivity index (χ4v) is 2.57. The Balaban J connectivity index is 1.74. The Morgan fingerprint density at radius 1 is 1.16 bits per heavy atom. The predicted octanol–water partition coefficient (Wildman–Crippen LogP) is 4.55. The van der Waals surface area contributed by atoms with Gasteiger partial charge in [0.2, 0.25) is 0 Å². The molecule has 0 unspecified atom stereocenters. The summed E-state index contributed by atoms with van der Waals surface area (Å²) in [5, 5.41) is 0. The van der Waals surface area contributed by atoms with Gasteiger partial charge in [0.25, 0.3) is 0 Å². The van der Waals surface area contributed by atoms with E-state index < -0.39 is 0 Å². The monoisotopic (exact) mass is 260 g/mol. The highest BCUT2D eigenvalue weighted by molar-refractivity contribution is 5.96. The highest BCUT2D eigenvalue weighted by atomic mass is 16.5. The minimum atomic E-state index is 0.283. The van der Waals surface area contributed by atoms with E-state index in [2.05, 4.69) is 6.92 Å². The summed E-state index contributed by atoms with van der Waals surface area (Å²) in [6.45, 7) is 2.98. The molecule has 0 N–H and O–H groups in total. The van der Waals surface area contributed by atoms with Crippen LogP contribution in [0.5, 0.6) is 5.75 Å². The van der Waals surface area contributed by atoms with Crippen LogP contribution >= 0.6 is 0 Å². The van der Waals surface area contributed by atoms with Gasteiger partial charge in [0, 0.05) is 18.4 Å². The molecule has 0 spiro atoms. The van der Waals surface area contributed by atoms with Crippen LogP contribution in [0.25, 0.3) is 0 Å². The van der Waals surface area contributed by atoms with Crippen LogP contribution in [0.1, 0.15) is 67.8 Å². The highest BCUT2D eigenvalue weighted by Gasteiger charge is 2.14. The first-order valence-corrected chi connectivity index (χ1v) is 7.60. The summed E-state index contributed by atoms with van der Waals surface area (Å²) in [6.07, 6.45) is 8.99. The normalized spacial score (nSPS) is 13.1. The van der Waals surface area contributed by atoms with Gasteiger partial charge in [0.05, 0.1) is 6.61 Å². The average molecular weight is 260 g/mol. The molecule has 0 saturated heterocycles. The third kappa shape index (κ3) is 4.09. The van der Waals surface area contributed by atoms with Crippen molar-refractivity contribution in [2.24, 2.45) is 0 Å². The third-order valence-electron chi connectivity index (χ3n) is 3.77. The molecular weight excluding hydrogens is 236 g/mol. The van der Waals surface area contributed by atoms with Gasteiger partial charge in [0.15, 0.2) is 5.78 Å². The molecule has 2 nitrogen and oxygen atoms in total. The zero-order valence-corrected chi connectivity index (χ0v) is 11.9. The van der Waals surface area contributed by atoms with Crippen molar-refractivity contribution in [2.45, 2.75) is 58.3 Å². The lowest BCUT2D eigenvalue weighted by Gasteiger charge is -2.04. The molecule has 0 saturated carbocycles. The van der Waals surface area contributed by atoms with Crippen LogP contribution in [-0.2, 0) is 6.42 Å². The lowest BCUT2D eigenvalue weighted by Crippen LogP contribution is -1.99. The zero-order chi connectivity index (χ0) is 13.5. The summed E-state index contributed by atoms with van der Waals surface area (Å²) in [7, 11) is 0. The highest BCUT2D eigenvalue weighted by Crippen LogP contribution is 2.26. The lowest BCUT2D eigenvalue weighted by atomic mass is 10.0. The van der Waals surface area contributed by atoms with Crippen molar-refractivity contribution >= 4 is 5.78 Å². The van der Waals surface area contributed by atoms with Crippen LogP contribution in [0, 0.1) is 0 Å². The molecule has 0 aromatic heterocycles. The average Bonchev–Trinajstić information content (AvgIpc) is 2.89. The number of hydrogen-bond acceptors (Lipinski definition) is 2. The van der Waals surface area contributed by atoms with Gasteiger partial charge in [0.1, 0.15) is 5.75 Å². The van der Waals surface area contributed by atoms with E-state index in [0.29, 0.717) is 6.42 Å². The molecule has 1 aromatic carbocycles. The van der Waals surface area contributed by atoms with Gasteiger partial charge in [-0.2, -0.15) is 0 Å². The quantitative estimate of drug-likeness (QED) is 0.506. The first-order chi connectivity index (χ1) is 9.31. The van der Waals surface area contributed by atoms with Crippen molar-refractivity contribution in [3.05, 3.63) is 29.3 Å². The van der Waals surface area contributed by atoms with Crippen LogP contribution in [0.3, 0.4) is 0 Å². The summed E-state index contributed by atoms with van der Waals surface area (Å²) < 4.78 is 5.46. The number of rotatable bonds is 8. The van der Waals surface area contributed by atoms with E-state index in [9.17, 15) is 4.79 Å². The van der Waals surface area contributed by atoms with E-state index in [0.717, 1.165) is 30.8 Å². The first kappa shape index (κ1) is 14.1. The van der Waals surface area contributed by atoms with Crippen molar-refractivity contribution in [2.75, 3.05) is 6.61 Å². The molecule has 0 atom stereocenters. The fourth-order valence-electron chi connectivity index (χ4n) is 2.57. The fraction of sp³-hybridized carbons (Fsp3) is 0.588. The smallest absolute Gasteiger partial charge is 0.162 e. The topological polar surface area (TPSA) is 26.3 Å². The van der Waals surface area contributed by atoms with E-state index in [1.54, 1.807) is 0 Å². The minimum absolute atomic E-state index is 0.283. The Morgan fingerprint density at radius 2 is 1.95 bits per heavy atom. The van der Waals surface area contributed by atoms with Gasteiger partial charge in [-0.15, -0.1) is 0 Å². The Bertz CT molecular complexity index is 423. The van der Waals surface area contributed by atoms with E-state index in [1.807, 2.05) is 18.2 Å². The molecular formula is C17H24O2. The summed E-state index contributed by atoms with van der Waals surface area (Å²) in [6, 6.07) is 5.86. The molecule has 0 fully saturated rings. The maximum atomic E-state index is 12.1. The Labute approximate surface area is 116 Å². The SMILES string of the molecule is CCCCCCCCC(=O)c1ccc2c(c1)CCO2. The lowest BCUT2D eigenvalue weighted by molar-refractivity contribution is 0.0979. The number of Topliss-reactive ketones (excluding diaryl/α,β-unsaturated/α-hetero) is 1.